The van der Waals surface area contributed by atoms with Crippen molar-refractivity contribution in [3.05, 3.63) is 28.2 Å². The molecule has 1 unspecified atom stereocenters. The number of carbonyl (C=O) groups excluding carboxylic acids is 1. The van der Waals surface area contributed by atoms with Gasteiger partial charge < -0.3 is 5.32 Å². The molecule has 0 bridgehead atoms. The molecule has 166 valence electrons. The highest BCUT2D eigenvalue weighted by atomic mass is 35.5. The first kappa shape index (κ1) is 23.3. The van der Waals surface area contributed by atoms with Gasteiger partial charge in [-0.15, -0.1) is 0 Å². The van der Waals surface area contributed by atoms with Gasteiger partial charge in [0.25, 0.3) is 5.91 Å². The lowest BCUT2D eigenvalue weighted by molar-refractivity contribution is -0.131. The van der Waals surface area contributed by atoms with E-state index >= 15 is 0 Å². The number of hydrogen-bond donors (Lipinski definition) is 2. The summed E-state index contributed by atoms with van der Waals surface area (Å²) < 4.78 is 27.3. The maximum Gasteiger partial charge on any atom is 0.254 e. The Bertz CT molecular complexity index is 945. The molecule has 0 aliphatic carbocycles. The van der Waals surface area contributed by atoms with Gasteiger partial charge >= 0.3 is 0 Å². The number of nitrogens with one attached hydrogen (secondary N) is 2. The number of hydrogen-bond acceptors (Lipinski definition) is 4. The van der Waals surface area contributed by atoms with Crippen molar-refractivity contribution in [2.24, 2.45) is 11.8 Å². The molecule has 1 aromatic carbocycles. The van der Waals surface area contributed by atoms with Gasteiger partial charge in [-0.05, 0) is 56.2 Å². The standard InChI is InChI=1S/C20H28Cl2N4O3S/c1-13(2)11-20(3)18(27)26(19(23)24-20)12-14-6-8-25(9-7-14)30(28,29)15-4-5-16(21)17(22)10-15/h4-5,10,13-14H,6-9,11-12H2,1-3H3,(H2,23,24). The second-order valence-corrected chi connectivity index (χ2v) is 11.5. The van der Waals surface area contributed by atoms with Crippen molar-refractivity contribution < 1.29 is 13.2 Å². The van der Waals surface area contributed by atoms with Gasteiger partial charge in [-0.3, -0.25) is 15.1 Å². The van der Waals surface area contributed by atoms with Crippen molar-refractivity contribution in [2.75, 3.05) is 19.6 Å². The number of nitrogens with zero attached hydrogens (tertiary/aromatic N) is 2. The molecule has 2 aliphatic rings. The van der Waals surface area contributed by atoms with Crippen LogP contribution < -0.4 is 5.32 Å². The average molecular weight is 475 g/mol. The Labute approximate surface area is 188 Å². The van der Waals surface area contributed by atoms with Crippen LogP contribution >= 0.6 is 23.2 Å². The minimum Gasteiger partial charge on any atom is -0.342 e. The smallest absolute Gasteiger partial charge is 0.254 e. The lowest BCUT2D eigenvalue weighted by Crippen LogP contribution is -2.46. The predicted molar refractivity (Wildman–Crippen MR) is 118 cm³/mol. The summed E-state index contributed by atoms with van der Waals surface area (Å²) in [6.07, 6.45) is 1.90. The first-order chi connectivity index (χ1) is 13.9. The number of halogens is 2. The molecule has 1 amide bonds. The van der Waals surface area contributed by atoms with Gasteiger partial charge in [-0.1, -0.05) is 37.0 Å². The molecule has 0 aromatic heterocycles. The number of amides is 1. The zero-order valence-corrected chi connectivity index (χ0v) is 19.7. The molecule has 10 heteroatoms. The Hall–Kier alpha value is -1.35. The van der Waals surface area contributed by atoms with Crippen LogP contribution in [0.4, 0.5) is 0 Å². The number of benzene rings is 1. The minimum absolute atomic E-state index is 0.0768. The largest absolute Gasteiger partial charge is 0.342 e. The Morgan fingerprint density at radius 2 is 1.87 bits per heavy atom. The van der Waals surface area contributed by atoms with Gasteiger partial charge in [0.05, 0.1) is 14.9 Å². The highest BCUT2D eigenvalue weighted by molar-refractivity contribution is 7.89. The van der Waals surface area contributed by atoms with Crippen LogP contribution in [0.5, 0.6) is 0 Å². The highest BCUT2D eigenvalue weighted by Gasteiger charge is 2.46. The third-order valence-electron chi connectivity index (χ3n) is 5.74. The number of guanidine groups is 1. The molecule has 2 fully saturated rings. The highest BCUT2D eigenvalue weighted by Crippen LogP contribution is 2.30. The quantitative estimate of drug-likeness (QED) is 0.658. The maximum atomic E-state index is 12.9. The van der Waals surface area contributed by atoms with Crippen molar-refractivity contribution in [3.8, 4) is 0 Å². The molecule has 2 saturated heterocycles. The Morgan fingerprint density at radius 3 is 2.43 bits per heavy atom. The van der Waals surface area contributed by atoms with Gasteiger partial charge in [0, 0.05) is 19.6 Å². The van der Waals surface area contributed by atoms with Gasteiger partial charge in [-0.2, -0.15) is 4.31 Å². The molecule has 0 radical (unpaired) electrons. The molecule has 2 aliphatic heterocycles. The third kappa shape index (κ3) is 4.61. The van der Waals surface area contributed by atoms with E-state index < -0.39 is 15.6 Å². The summed E-state index contributed by atoms with van der Waals surface area (Å²) in [7, 11) is -3.65. The molecule has 2 N–H and O–H groups in total. The Morgan fingerprint density at radius 1 is 1.23 bits per heavy atom. The van der Waals surface area contributed by atoms with E-state index in [1.807, 2.05) is 6.92 Å². The van der Waals surface area contributed by atoms with Crippen molar-refractivity contribution in [1.82, 2.24) is 14.5 Å². The summed E-state index contributed by atoms with van der Waals surface area (Å²) in [6.45, 7) is 7.10. The van der Waals surface area contributed by atoms with E-state index in [1.54, 1.807) is 0 Å². The normalized spacial score (nSPS) is 24.0. The van der Waals surface area contributed by atoms with Crippen LogP contribution in [0.2, 0.25) is 10.0 Å². The summed E-state index contributed by atoms with van der Waals surface area (Å²) in [5.41, 5.74) is -0.747. The zero-order valence-electron chi connectivity index (χ0n) is 17.4. The number of piperidine rings is 1. The van der Waals surface area contributed by atoms with E-state index in [1.165, 1.54) is 27.4 Å². The van der Waals surface area contributed by atoms with E-state index in [0.29, 0.717) is 49.8 Å². The first-order valence-electron chi connectivity index (χ1n) is 10.1. The van der Waals surface area contributed by atoms with Gasteiger partial charge in [0.1, 0.15) is 5.54 Å². The van der Waals surface area contributed by atoms with E-state index in [2.05, 4.69) is 19.2 Å². The van der Waals surface area contributed by atoms with Crippen molar-refractivity contribution in [3.63, 3.8) is 0 Å². The fraction of sp³-hybridized carbons (Fsp3) is 0.600. The lowest BCUT2D eigenvalue weighted by Gasteiger charge is -2.33. The summed E-state index contributed by atoms with van der Waals surface area (Å²) >= 11 is 11.9. The number of sulfonamides is 1. The molecule has 3 rings (SSSR count). The molecule has 2 heterocycles. The summed E-state index contributed by atoms with van der Waals surface area (Å²) in [5.74, 6) is 0.521. The first-order valence-corrected chi connectivity index (χ1v) is 12.3. The SMILES string of the molecule is CC(C)CC1(C)NC(=N)N(CC2CCN(S(=O)(=O)c3ccc(Cl)c(Cl)c3)CC2)C1=O. The molecular weight excluding hydrogens is 447 g/mol. The van der Waals surface area contributed by atoms with Crippen molar-refractivity contribution in [2.45, 2.75) is 50.5 Å². The molecule has 0 spiro atoms. The molecule has 1 aromatic rings. The summed E-state index contributed by atoms with van der Waals surface area (Å²) in [6, 6.07) is 4.31. The van der Waals surface area contributed by atoms with Crippen LogP contribution in [0.15, 0.2) is 23.1 Å². The predicted octanol–water partition coefficient (Wildman–Crippen LogP) is 3.57. The summed E-state index contributed by atoms with van der Waals surface area (Å²) in [5, 5.41) is 11.8. The van der Waals surface area contributed by atoms with Crippen LogP contribution in [0, 0.1) is 17.2 Å². The van der Waals surface area contributed by atoms with Crippen molar-refractivity contribution in [1.29, 1.82) is 5.41 Å². The van der Waals surface area contributed by atoms with E-state index in [9.17, 15) is 13.2 Å². The maximum absolute atomic E-state index is 12.9. The second kappa shape index (κ2) is 8.65. The molecule has 30 heavy (non-hydrogen) atoms. The number of rotatable bonds is 6. The van der Waals surface area contributed by atoms with E-state index in [4.69, 9.17) is 28.6 Å². The molecular formula is C20H28Cl2N4O3S. The monoisotopic (exact) mass is 474 g/mol. The number of carbonyl (C=O) groups is 1. The minimum atomic E-state index is -3.65. The van der Waals surface area contributed by atoms with E-state index in [0.717, 1.165) is 0 Å². The fourth-order valence-corrected chi connectivity index (χ4v) is 6.15. The molecule has 1 atom stereocenters. The van der Waals surface area contributed by atoms with Crippen molar-refractivity contribution >= 4 is 45.1 Å². The van der Waals surface area contributed by atoms with E-state index in [-0.39, 0.29) is 27.7 Å². The molecule has 7 nitrogen and oxygen atoms in total. The molecule has 0 saturated carbocycles. The lowest BCUT2D eigenvalue weighted by atomic mass is 9.90. The average Bonchev–Trinajstić information content (AvgIpc) is 2.86. The van der Waals surface area contributed by atoms with Crippen LogP contribution in [0.1, 0.15) is 40.0 Å². The van der Waals surface area contributed by atoms with Gasteiger partial charge in [0.2, 0.25) is 10.0 Å². The van der Waals surface area contributed by atoms with Crippen LogP contribution in [0.25, 0.3) is 0 Å². The Kier molecular flexibility index (Phi) is 6.72. The zero-order chi connectivity index (χ0) is 22.3. The van der Waals surface area contributed by atoms with Crippen LogP contribution in [-0.2, 0) is 14.8 Å². The summed E-state index contributed by atoms with van der Waals surface area (Å²) in [4.78, 5) is 14.5. The van der Waals surface area contributed by atoms with Crippen LogP contribution in [-0.4, -0.2) is 54.7 Å². The fourth-order valence-electron chi connectivity index (χ4n) is 4.29. The van der Waals surface area contributed by atoms with Crippen LogP contribution in [0.3, 0.4) is 0 Å². The Balaban J connectivity index is 1.62. The topological polar surface area (TPSA) is 93.6 Å². The third-order valence-corrected chi connectivity index (χ3v) is 8.37. The second-order valence-electron chi connectivity index (χ2n) is 8.74. The van der Waals surface area contributed by atoms with Gasteiger partial charge in [-0.25, -0.2) is 8.42 Å². The van der Waals surface area contributed by atoms with Gasteiger partial charge in [0.15, 0.2) is 5.96 Å².